The zero-order valence-electron chi connectivity index (χ0n) is 14.9. The normalized spacial score (nSPS) is 10.9. The fourth-order valence-corrected chi connectivity index (χ4v) is 2.26. The summed E-state index contributed by atoms with van der Waals surface area (Å²) in [5.41, 5.74) is 3.11. The Labute approximate surface area is 154 Å². The van der Waals surface area contributed by atoms with Crippen molar-refractivity contribution in [2.75, 3.05) is 6.61 Å². The van der Waals surface area contributed by atoms with E-state index in [-0.39, 0.29) is 5.97 Å². The number of nitriles is 1. The number of rotatable bonds is 8. The van der Waals surface area contributed by atoms with Gasteiger partial charge < -0.3 is 4.74 Å². The van der Waals surface area contributed by atoms with Crippen LogP contribution in [0, 0.1) is 11.3 Å². The van der Waals surface area contributed by atoms with Crippen LogP contribution >= 0.6 is 0 Å². The van der Waals surface area contributed by atoms with Crippen molar-refractivity contribution in [3.63, 3.8) is 0 Å². The summed E-state index contributed by atoms with van der Waals surface area (Å²) < 4.78 is 5.17. The molecular weight excluding hydrogens is 324 g/mol. The van der Waals surface area contributed by atoms with Gasteiger partial charge in [0.05, 0.1) is 23.9 Å². The Morgan fingerprint density at radius 3 is 2.65 bits per heavy atom. The average molecular weight is 346 g/mol. The summed E-state index contributed by atoms with van der Waals surface area (Å²) in [6, 6.07) is 16.8. The second-order valence-corrected chi connectivity index (χ2v) is 5.76. The Balaban J connectivity index is 2.02. The van der Waals surface area contributed by atoms with Gasteiger partial charge in [0, 0.05) is 17.9 Å². The first-order chi connectivity index (χ1) is 12.7. The van der Waals surface area contributed by atoms with Crippen molar-refractivity contribution in [2.45, 2.75) is 26.2 Å². The lowest BCUT2D eigenvalue weighted by atomic mass is 10.1. The molecule has 0 atom stereocenters. The van der Waals surface area contributed by atoms with Gasteiger partial charge in [0.15, 0.2) is 0 Å². The number of hydrogen-bond acceptors (Lipinski definition) is 4. The van der Waals surface area contributed by atoms with Crippen molar-refractivity contribution in [3.8, 4) is 6.07 Å². The Morgan fingerprint density at radius 2 is 1.92 bits per heavy atom. The molecular formula is C22H22N2O2. The molecule has 4 nitrogen and oxygen atoms in total. The predicted molar refractivity (Wildman–Crippen MR) is 104 cm³/mol. The van der Waals surface area contributed by atoms with E-state index in [1.54, 1.807) is 24.4 Å². The molecule has 0 amide bonds. The minimum absolute atomic E-state index is 0.341. The number of benzene rings is 2. The average Bonchev–Trinajstić information content (AvgIpc) is 2.69. The lowest BCUT2D eigenvalue weighted by molar-refractivity contribution is -0.137. The molecule has 2 aromatic rings. The van der Waals surface area contributed by atoms with Gasteiger partial charge in [0.1, 0.15) is 0 Å². The van der Waals surface area contributed by atoms with Crippen LogP contribution in [0.3, 0.4) is 0 Å². The fourth-order valence-electron chi connectivity index (χ4n) is 2.26. The number of carbonyl (C=O) groups excluding carboxylic acids is 1. The topological polar surface area (TPSA) is 62.4 Å². The van der Waals surface area contributed by atoms with Gasteiger partial charge in [0.2, 0.25) is 0 Å². The third kappa shape index (κ3) is 6.37. The summed E-state index contributed by atoms with van der Waals surface area (Å²) in [5.74, 6) is -0.341. The lowest BCUT2D eigenvalue weighted by Crippen LogP contribution is -2.01. The minimum atomic E-state index is -0.341. The van der Waals surface area contributed by atoms with Crippen molar-refractivity contribution >= 4 is 23.9 Å². The fraction of sp³-hybridized carbons (Fsp3) is 0.227. The maximum absolute atomic E-state index is 11.8. The SMILES string of the molecule is CCCCCOC(=O)C=Cc1ccccc1N=Cc1ccc(C#N)cc1. The molecule has 0 saturated heterocycles. The first-order valence-corrected chi connectivity index (χ1v) is 8.71. The molecule has 4 heteroatoms. The molecule has 0 aliphatic carbocycles. The summed E-state index contributed by atoms with van der Waals surface area (Å²) in [5, 5.41) is 8.83. The van der Waals surface area contributed by atoms with Gasteiger partial charge in [-0.2, -0.15) is 5.26 Å². The zero-order chi connectivity index (χ0) is 18.6. The van der Waals surface area contributed by atoms with Gasteiger partial charge in [0.25, 0.3) is 0 Å². The summed E-state index contributed by atoms with van der Waals surface area (Å²) in [6.45, 7) is 2.56. The molecule has 0 fully saturated rings. The first-order valence-electron chi connectivity index (χ1n) is 8.71. The van der Waals surface area contributed by atoms with Crippen molar-refractivity contribution in [1.82, 2.24) is 0 Å². The molecule has 0 N–H and O–H groups in total. The lowest BCUT2D eigenvalue weighted by Gasteiger charge is -2.02. The maximum atomic E-state index is 11.8. The van der Waals surface area contributed by atoms with Crippen LogP contribution in [0.5, 0.6) is 0 Å². The number of hydrogen-bond donors (Lipinski definition) is 0. The number of unbranched alkanes of at least 4 members (excludes halogenated alkanes) is 2. The molecule has 0 saturated carbocycles. The van der Waals surface area contributed by atoms with Crippen molar-refractivity contribution < 1.29 is 9.53 Å². The van der Waals surface area contributed by atoms with Gasteiger partial charge in [-0.25, -0.2) is 4.79 Å². The van der Waals surface area contributed by atoms with E-state index in [2.05, 4.69) is 18.0 Å². The number of para-hydroxylation sites is 1. The zero-order valence-corrected chi connectivity index (χ0v) is 14.9. The van der Waals surface area contributed by atoms with Gasteiger partial charge >= 0.3 is 5.97 Å². The largest absolute Gasteiger partial charge is 0.463 e. The van der Waals surface area contributed by atoms with E-state index in [9.17, 15) is 4.79 Å². The number of carbonyl (C=O) groups is 1. The van der Waals surface area contributed by atoms with Gasteiger partial charge in [-0.05, 0) is 36.3 Å². The Kier molecular flexibility index (Phi) is 7.82. The molecule has 2 rings (SSSR count). The van der Waals surface area contributed by atoms with Crippen molar-refractivity contribution in [2.24, 2.45) is 4.99 Å². The molecule has 26 heavy (non-hydrogen) atoms. The smallest absolute Gasteiger partial charge is 0.330 e. The predicted octanol–water partition coefficient (Wildman–Crippen LogP) is 5.06. The van der Waals surface area contributed by atoms with E-state index in [1.807, 2.05) is 36.4 Å². The summed E-state index contributed by atoms with van der Waals surface area (Å²) in [7, 11) is 0. The highest BCUT2D eigenvalue weighted by Gasteiger charge is 2.00. The van der Waals surface area contributed by atoms with Crippen LogP contribution in [-0.2, 0) is 9.53 Å². The third-order valence-corrected chi connectivity index (χ3v) is 3.72. The molecule has 0 aliphatic heterocycles. The molecule has 0 radical (unpaired) electrons. The molecule has 0 unspecified atom stereocenters. The van der Waals surface area contributed by atoms with Crippen LogP contribution in [0.2, 0.25) is 0 Å². The quantitative estimate of drug-likeness (QED) is 0.291. The highest BCUT2D eigenvalue weighted by molar-refractivity contribution is 5.89. The number of esters is 1. The Morgan fingerprint density at radius 1 is 1.15 bits per heavy atom. The number of ether oxygens (including phenoxy) is 1. The molecule has 132 valence electrons. The number of nitrogens with zero attached hydrogens (tertiary/aromatic N) is 2. The molecule has 0 bridgehead atoms. The van der Waals surface area contributed by atoms with E-state index in [0.717, 1.165) is 36.1 Å². The molecule has 2 aromatic carbocycles. The molecule has 0 spiro atoms. The van der Waals surface area contributed by atoms with Crippen molar-refractivity contribution in [3.05, 3.63) is 71.3 Å². The van der Waals surface area contributed by atoms with E-state index in [4.69, 9.17) is 10.00 Å². The number of aliphatic imine (C=N–C) groups is 1. The van der Waals surface area contributed by atoms with Crippen molar-refractivity contribution in [1.29, 1.82) is 5.26 Å². The van der Waals surface area contributed by atoms with E-state index in [0.29, 0.717) is 12.2 Å². The second kappa shape index (κ2) is 10.6. The highest BCUT2D eigenvalue weighted by atomic mass is 16.5. The summed E-state index contributed by atoms with van der Waals surface area (Å²) in [4.78, 5) is 16.2. The van der Waals surface area contributed by atoms with Crippen LogP contribution in [0.15, 0.2) is 59.6 Å². The molecule has 0 aliphatic rings. The van der Waals surface area contributed by atoms with Gasteiger partial charge in [-0.15, -0.1) is 0 Å². The summed E-state index contributed by atoms with van der Waals surface area (Å²) >= 11 is 0. The van der Waals surface area contributed by atoms with E-state index < -0.39 is 0 Å². The van der Waals surface area contributed by atoms with Crippen LogP contribution in [0.1, 0.15) is 42.9 Å². The Hall–Kier alpha value is -3.19. The second-order valence-electron chi connectivity index (χ2n) is 5.76. The van der Waals surface area contributed by atoms with Crippen LogP contribution < -0.4 is 0 Å². The summed E-state index contributed by atoms with van der Waals surface area (Å²) in [6.07, 6.45) is 7.93. The standard InChI is InChI=1S/C22H22N2O2/c1-2-3-6-15-26-22(25)14-13-20-7-4-5-8-21(20)24-17-19-11-9-18(16-23)10-12-19/h4-5,7-14,17H,2-3,6,15H2,1H3. The van der Waals surface area contributed by atoms with Crippen LogP contribution in [-0.4, -0.2) is 18.8 Å². The minimum Gasteiger partial charge on any atom is -0.463 e. The Bertz CT molecular complexity index is 815. The van der Waals surface area contributed by atoms with Crippen LogP contribution in [0.25, 0.3) is 6.08 Å². The van der Waals surface area contributed by atoms with Crippen LogP contribution in [0.4, 0.5) is 5.69 Å². The monoisotopic (exact) mass is 346 g/mol. The van der Waals surface area contributed by atoms with Gasteiger partial charge in [-0.1, -0.05) is 50.1 Å². The molecule has 0 aromatic heterocycles. The van der Waals surface area contributed by atoms with E-state index >= 15 is 0 Å². The highest BCUT2D eigenvalue weighted by Crippen LogP contribution is 2.20. The molecule has 0 heterocycles. The van der Waals surface area contributed by atoms with Gasteiger partial charge in [-0.3, -0.25) is 4.99 Å². The van der Waals surface area contributed by atoms with E-state index in [1.165, 1.54) is 6.08 Å². The first kappa shape index (κ1) is 19.1. The maximum Gasteiger partial charge on any atom is 0.330 e. The third-order valence-electron chi connectivity index (χ3n) is 3.72.